The molecule has 0 bridgehead atoms. The van der Waals surface area contributed by atoms with Gasteiger partial charge in [0, 0.05) is 0 Å². The van der Waals surface area contributed by atoms with Gasteiger partial charge in [0.25, 0.3) is 0 Å². The maximum absolute atomic E-state index is 11.3. The molecule has 0 unspecified atom stereocenters. The Morgan fingerprint density at radius 2 is 1.94 bits per heavy atom. The monoisotopic (exact) mass is 232 g/mol. The van der Waals surface area contributed by atoms with Crippen molar-refractivity contribution in [1.82, 2.24) is 0 Å². The van der Waals surface area contributed by atoms with E-state index in [2.05, 4.69) is 45.9 Å². The summed E-state index contributed by atoms with van der Waals surface area (Å²) >= 11 is 0. The highest BCUT2D eigenvalue weighted by molar-refractivity contribution is 5.72. The highest BCUT2D eigenvalue weighted by atomic mass is 16.5. The molecule has 1 saturated heterocycles. The van der Waals surface area contributed by atoms with Crippen LogP contribution in [0.1, 0.15) is 37.5 Å². The van der Waals surface area contributed by atoms with Gasteiger partial charge in [-0.05, 0) is 29.0 Å². The molecule has 1 fully saturated rings. The average Bonchev–Trinajstić information content (AvgIpc) is 2.18. The fourth-order valence-electron chi connectivity index (χ4n) is 2.23. The Labute approximate surface area is 103 Å². The quantitative estimate of drug-likeness (QED) is 0.733. The van der Waals surface area contributed by atoms with Gasteiger partial charge in [-0.2, -0.15) is 0 Å². The summed E-state index contributed by atoms with van der Waals surface area (Å²) in [6, 6.07) is 6.43. The molecule has 17 heavy (non-hydrogen) atoms. The van der Waals surface area contributed by atoms with Gasteiger partial charge in [0.1, 0.15) is 6.29 Å². The highest BCUT2D eigenvalue weighted by Gasteiger charge is 2.41. The maximum Gasteiger partial charge on any atom is 0.135 e. The molecule has 0 aromatic heterocycles. The smallest absolute Gasteiger partial charge is 0.135 e. The fourth-order valence-corrected chi connectivity index (χ4v) is 2.23. The summed E-state index contributed by atoms with van der Waals surface area (Å²) in [5.74, 6) is 0. The van der Waals surface area contributed by atoms with Crippen molar-refractivity contribution in [3.8, 4) is 0 Å². The minimum atomic E-state index is -0.397. The molecule has 0 N–H and O–H groups in total. The summed E-state index contributed by atoms with van der Waals surface area (Å²) < 4.78 is 5.23. The number of rotatable bonds is 2. The van der Waals surface area contributed by atoms with Crippen molar-refractivity contribution in [1.29, 1.82) is 0 Å². The molecule has 2 nitrogen and oxygen atoms in total. The zero-order valence-electron chi connectivity index (χ0n) is 11.0. The van der Waals surface area contributed by atoms with E-state index in [0.29, 0.717) is 13.2 Å². The van der Waals surface area contributed by atoms with Crippen LogP contribution in [0.3, 0.4) is 0 Å². The van der Waals surface area contributed by atoms with E-state index in [4.69, 9.17) is 4.74 Å². The van der Waals surface area contributed by atoms with Crippen LogP contribution in [0.4, 0.5) is 0 Å². The summed E-state index contributed by atoms with van der Waals surface area (Å²) in [5.41, 5.74) is 3.29. The topological polar surface area (TPSA) is 26.3 Å². The number of benzene rings is 1. The van der Waals surface area contributed by atoms with Crippen LogP contribution in [-0.4, -0.2) is 19.5 Å². The molecule has 2 heteroatoms. The first-order valence-corrected chi connectivity index (χ1v) is 6.05. The number of aryl methyl sites for hydroxylation is 1. The lowest BCUT2D eigenvalue weighted by molar-refractivity contribution is -0.129. The Morgan fingerprint density at radius 3 is 2.35 bits per heavy atom. The first kappa shape index (κ1) is 12.3. The van der Waals surface area contributed by atoms with Crippen molar-refractivity contribution >= 4 is 6.29 Å². The molecule has 0 saturated carbocycles. The van der Waals surface area contributed by atoms with Crippen LogP contribution in [0.15, 0.2) is 18.2 Å². The normalized spacial score (nSPS) is 18.6. The molecule has 1 aromatic carbocycles. The van der Waals surface area contributed by atoms with Crippen molar-refractivity contribution in [2.24, 2.45) is 0 Å². The van der Waals surface area contributed by atoms with Crippen LogP contribution in [0.25, 0.3) is 0 Å². The summed E-state index contributed by atoms with van der Waals surface area (Å²) in [5, 5.41) is 0. The number of carbonyl (C=O) groups is 1. The van der Waals surface area contributed by atoms with E-state index in [-0.39, 0.29) is 5.41 Å². The third-order valence-electron chi connectivity index (χ3n) is 3.58. The number of hydrogen-bond donors (Lipinski definition) is 0. The second kappa shape index (κ2) is 3.95. The van der Waals surface area contributed by atoms with E-state index in [1.54, 1.807) is 0 Å². The van der Waals surface area contributed by atoms with Gasteiger partial charge in [-0.1, -0.05) is 39.0 Å². The summed E-state index contributed by atoms with van der Waals surface area (Å²) in [4.78, 5) is 11.3. The van der Waals surface area contributed by atoms with Crippen LogP contribution >= 0.6 is 0 Å². The largest absolute Gasteiger partial charge is 0.379 e. The third-order valence-corrected chi connectivity index (χ3v) is 3.58. The van der Waals surface area contributed by atoms with Gasteiger partial charge in [0.05, 0.1) is 18.6 Å². The Bertz CT molecular complexity index is 437. The van der Waals surface area contributed by atoms with Crippen molar-refractivity contribution in [3.05, 3.63) is 34.9 Å². The molecule has 0 amide bonds. The predicted octanol–water partition coefficient (Wildman–Crippen LogP) is 2.76. The Kier molecular flexibility index (Phi) is 2.86. The van der Waals surface area contributed by atoms with Gasteiger partial charge in [-0.15, -0.1) is 0 Å². The highest BCUT2D eigenvalue weighted by Crippen LogP contribution is 2.35. The summed E-state index contributed by atoms with van der Waals surface area (Å²) in [6.45, 7) is 9.66. The van der Waals surface area contributed by atoms with E-state index in [9.17, 15) is 4.79 Å². The van der Waals surface area contributed by atoms with Crippen LogP contribution in [0, 0.1) is 6.92 Å². The fraction of sp³-hybridized carbons (Fsp3) is 0.533. The summed E-state index contributed by atoms with van der Waals surface area (Å²) in [6.07, 6.45) is 1.05. The van der Waals surface area contributed by atoms with Crippen molar-refractivity contribution in [2.45, 2.75) is 38.5 Å². The molecule has 1 aromatic rings. The van der Waals surface area contributed by atoms with E-state index in [1.807, 2.05) is 0 Å². The minimum absolute atomic E-state index is 0.108. The molecule has 0 spiro atoms. The molecule has 1 aliphatic heterocycles. The van der Waals surface area contributed by atoms with Gasteiger partial charge in [-0.3, -0.25) is 0 Å². The zero-order valence-corrected chi connectivity index (χ0v) is 11.0. The molecule has 0 atom stereocenters. The lowest BCUT2D eigenvalue weighted by Gasteiger charge is -2.38. The van der Waals surface area contributed by atoms with Crippen molar-refractivity contribution in [3.63, 3.8) is 0 Å². The lowest BCUT2D eigenvalue weighted by atomic mass is 9.75. The van der Waals surface area contributed by atoms with E-state index in [0.717, 1.165) is 11.8 Å². The molecule has 92 valence electrons. The number of hydrogen-bond acceptors (Lipinski definition) is 2. The van der Waals surface area contributed by atoms with Gasteiger partial charge < -0.3 is 9.53 Å². The Balaban J connectivity index is 2.50. The third kappa shape index (κ3) is 2.02. The van der Waals surface area contributed by atoms with Crippen LogP contribution < -0.4 is 0 Å². The number of carbonyl (C=O) groups excluding carboxylic acids is 1. The van der Waals surface area contributed by atoms with E-state index >= 15 is 0 Å². The molecule has 1 heterocycles. The standard InChI is InChI=1S/C15H20O2/c1-11-5-6-12(14(2,3)4)7-13(11)15(8-16)9-17-10-15/h5-8H,9-10H2,1-4H3. The van der Waals surface area contributed by atoms with Gasteiger partial charge in [0.15, 0.2) is 0 Å². The molecule has 2 rings (SSSR count). The lowest BCUT2D eigenvalue weighted by Crippen LogP contribution is -2.48. The van der Waals surface area contributed by atoms with E-state index < -0.39 is 5.41 Å². The molecular formula is C15H20O2. The van der Waals surface area contributed by atoms with Crippen molar-refractivity contribution in [2.75, 3.05) is 13.2 Å². The summed E-state index contributed by atoms with van der Waals surface area (Å²) in [7, 11) is 0. The Hall–Kier alpha value is -1.15. The maximum atomic E-state index is 11.3. The van der Waals surface area contributed by atoms with Gasteiger partial charge >= 0.3 is 0 Å². The molecule has 0 aliphatic carbocycles. The second-order valence-electron chi connectivity index (χ2n) is 6.05. The Morgan fingerprint density at radius 1 is 1.29 bits per heavy atom. The molecule has 1 aliphatic rings. The predicted molar refractivity (Wildman–Crippen MR) is 68.4 cm³/mol. The SMILES string of the molecule is Cc1ccc(C(C)(C)C)cc1C1(C=O)COC1. The number of aldehydes is 1. The van der Waals surface area contributed by atoms with Crippen LogP contribution in [0.2, 0.25) is 0 Å². The molecule has 0 radical (unpaired) electrons. The first-order chi connectivity index (χ1) is 7.89. The van der Waals surface area contributed by atoms with Gasteiger partial charge in [-0.25, -0.2) is 0 Å². The number of ether oxygens (including phenoxy) is 1. The average molecular weight is 232 g/mol. The van der Waals surface area contributed by atoms with E-state index in [1.165, 1.54) is 11.1 Å². The molecular weight excluding hydrogens is 212 g/mol. The second-order valence-corrected chi connectivity index (χ2v) is 6.05. The van der Waals surface area contributed by atoms with Gasteiger partial charge in [0.2, 0.25) is 0 Å². The van der Waals surface area contributed by atoms with Crippen molar-refractivity contribution < 1.29 is 9.53 Å². The van der Waals surface area contributed by atoms with Crippen LogP contribution in [-0.2, 0) is 20.4 Å². The van der Waals surface area contributed by atoms with Crippen LogP contribution in [0.5, 0.6) is 0 Å². The zero-order chi connectivity index (χ0) is 12.7. The first-order valence-electron chi connectivity index (χ1n) is 6.05. The minimum Gasteiger partial charge on any atom is -0.379 e.